The topological polar surface area (TPSA) is 90.6 Å². The molecule has 1 aromatic carbocycles. The zero-order chi connectivity index (χ0) is 18.6. The Balaban J connectivity index is 1.48. The number of benzene rings is 1. The number of carbonyl (C=O) groups is 1. The molecule has 4 rings (SSSR count). The summed E-state index contributed by atoms with van der Waals surface area (Å²) in [5, 5.41) is 6.89. The maximum absolute atomic E-state index is 12.5. The minimum absolute atomic E-state index is 0.332. The summed E-state index contributed by atoms with van der Waals surface area (Å²) in [6.07, 6.45) is 4.58. The average molecular weight is 361 g/mol. The van der Waals surface area contributed by atoms with Crippen molar-refractivity contribution in [3.8, 4) is 17.4 Å². The lowest BCUT2D eigenvalue weighted by Gasteiger charge is -2.09. The van der Waals surface area contributed by atoms with Gasteiger partial charge in [0.05, 0.1) is 25.2 Å². The van der Waals surface area contributed by atoms with Crippen molar-refractivity contribution in [1.29, 1.82) is 0 Å². The van der Waals surface area contributed by atoms with Gasteiger partial charge >= 0.3 is 0 Å². The summed E-state index contributed by atoms with van der Waals surface area (Å²) in [5.74, 6) is 1.22. The fourth-order valence-electron chi connectivity index (χ4n) is 2.51. The van der Waals surface area contributed by atoms with Gasteiger partial charge in [-0.05, 0) is 30.3 Å². The second-order valence-corrected chi connectivity index (χ2v) is 5.53. The molecule has 0 bridgehead atoms. The number of rotatable bonds is 5. The van der Waals surface area contributed by atoms with Crippen molar-refractivity contribution in [2.24, 2.45) is 0 Å². The van der Waals surface area contributed by atoms with Gasteiger partial charge in [-0.15, -0.1) is 0 Å². The minimum Gasteiger partial charge on any atom is -0.493 e. The predicted octanol–water partition coefficient (Wildman–Crippen LogP) is 3.18. The van der Waals surface area contributed by atoms with Crippen LogP contribution in [-0.4, -0.2) is 32.6 Å². The van der Waals surface area contributed by atoms with E-state index in [0.717, 1.165) is 0 Å². The van der Waals surface area contributed by atoms with Gasteiger partial charge in [0, 0.05) is 12.3 Å². The highest BCUT2D eigenvalue weighted by atomic mass is 16.5. The molecule has 8 nitrogen and oxygen atoms in total. The number of anilines is 1. The van der Waals surface area contributed by atoms with Crippen molar-refractivity contribution in [3.05, 3.63) is 72.8 Å². The lowest BCUT2D eigenvalue weighted by molar-refractivity contribution is 0.102. The van der Waals surface area contributed by atoms with Crippen LogP contribution in [0.4, 0.5) is 5.69 Å². The normalized spacial score (nSPS) is 10.6. The van der Waals surface area contributed by atoms with Crippen LogP contribution in [0.25, 0.3) is 5.65 Å². The van der Waals surface area contributed by atoms with Gasteiger partial charge < -0.3 is 14.8 Å². The van der Waals surface area contributed by atoms with Gasteiger partial charge in [-0.2, -0.15) is 5.10 Å². The molecule has 0 aliphatic rings. The second kappa shape index (κ2) is 7.12. The number of nitrogens with zero attached hydrogens (tertiary/aromatic N) is 4. The van der Waals surface area contributed by atoms with Crippen LogP contribution in [0.3, 0.4) is 0 Å². The van der Waals surface area contributed by atoms with Crippen molar-refractivity contribution in [2.75, 3.05) is 12.4 Å². The summed E-state index contributed by atoms with van der Waals surface area (Å²) < 4.78 is 12.4. The lowest BCUT2D eigenvalue weighted by Crippen LogP contribution is -2.15. The first kappa shape index (κ1) is 16.5. The Labute approximate surface area is 154 Å². The largest absolute Gasteiger partial charge is 0.493 e. The number of aromatic nitrogens is 4. The van der Waals surface area contributed by atoms with Crippen LogP contribution >= 0.6 is 0 Å². The quantitative estimate of drug-likeness (QED) is 0.587. The van der Waals surface area contributed by atoms with E-state index in [1.54, 1.807) is 49.7 Å². The standard InChI is InChI=1S/C19H15N5O3/c1-26-15-5-2-3-6-16(15)27-18-9-8-13(11-21-18)23-19(25)14-12-20-17-7-4-10-22-24(14)17/h2-12H,1H3,(H,23,25). The molecule has 0 radical (unpaired) electrons. The van der Waals surface area contributed by atoms with E-state index in [0.29, 0.717) is 34.4 Å². The van der Waals surface area contributed by atoms with E-state index in [1.165, 1.54) is 16.9 Å². The monoisotopic (exact) mass is 361 g/mol. The third kappa shape index (κ3) is 3.40. The molecule has 3 heterocycles. The highest BCUT2D eigenvalue weighted by Crippen LogP contribution is 2.30. The zero-order valence-corrected chi connectivity index (χ0v) is 14.4. The number of hydrogen-bond donors (Lipinski definition) is 1. The lowest BCUT2D eigenvalue weighted by atomic mass is 10.3. The van der Waals surface area contributed by atoms with E-state index in [2.05, 4.69) is 20.4 Å². The van der Waals surface area contributed by atoms with Crippen LogP contribution in [-0.2, 0) is 0 Å². The Bertz CT molecular complexity index is 1090. The van der Waals surface area contributed by atoms with Gasteiger partial charge in [0.15, 0.2) is 22.8 Å². The number of nitrogens with one attached hydrogen (secondary N) is 1. The van der Waals surface area contributed by atoms with E-state index >= 15 is 0 Å². The molecule has 0 fully saturated rings. The molecular formula is C19H15N5O3. The number of carbonyl (C=O) groups excluding carboxylic acids is 1. The first-order valence-corrected chi connectivity index (χ1v) is 8.11. The molecule has 27 heavy (non-hydrogen) atoms. The Morgan fingerprint density at radius 1 is 1.00 bits per heavy atom. The van der Waals surface area contributed by atoms with E-state index in [9.17, 15) is 4.79 Å². The fraction of sp³-hybridized carbons (Fsp3) is 0.0526. The van der Waals surface area contributed by atoms with E-state index < -0.39 is 0 Å². The van der Waals surface area contributed by atoms with Crippen LogP contribution in [0.5, 0.6) is 17.4 Å². The molecule has 0 aliphatic heterocycles. The van der Waals surface area contributed by atoms with Crippen LogP contribution in [0.2, 0.25) is 0 Å². The van der Waals surface area contributed by atoms with Crippen molar-refractivity contribution >= 4 is 17.2 Å². The number of hydrogen-bond acceptors (Lipinski definition) is 6. The van der Waals surface area contributed by atoms with E-state index in [4.69, 9.17) is 9.47 Å². The molecule has 8 heteroatoms. The smallest absolute Gasteiger partial charge is 0.276 e. The zero-order valence-electron chi connectivity index (χ0n) is 14.4. The molecule has 0 saturated heterocycles. The third-order valence-corrected chi connectivity index (χ3v) is 3.79. The van der Waals surface area contributed by atoms with Crippen LogP contribution < -0.4 is 14.8 Å². The van der Waals surface area contributed by atoms with Gasteiger partial charge in [0.1, 0.15) is 0 Å². The summed E-state index contributed by atoms with van der Waals surface area (Å²) >= 11 is 0. The fourth-order valence-corrected chi connectivity index (χ4v) is 2.51. The van der Waals surface area contributed by atoms with Gasteiger partial charge in [0.25, 0.3) is 5.91 Å². The van der Waals surface area contributed by atoms with Crippen molar-refractivity contribution in [2.45, 2.75) is 0 Å². The van der Waals surface area contributed by atoms with Gasteiger partial charge in [-0.1, -0.05) is 12.1 Å². The van der Waals surface area contributed by atoms with Crippen LogP contribution in [0.1, 0.15) is 10.5 Å². The molecule has 1 N–H and O–H groups in total. The highest BCUT2D eigenvalue weighted by Gasteiger charge is 2.13. The number of fused-ring (bicyclic) bond motifs is 1. The average Bonchev–Trinajstić information content (AvgIpc) is 3.14. The number of amides is 1. The van der Waals surface area contributed by atoms with E-state index in [-0.39, 0.29) is 5.91 Å². The Kier molecular flexibility index (Phi) is 4.36. The summed E-state index contributed by atoms with van der Waals surface area (Å²) in [7, 11) is 1.57. The molecule has 0 unspecified atom stereocenters. The number of pyridine rings is 1. The van der Waals surface area contributed by atoms with E-state index in [1.807, 2.05) is 12.1 Å². The molecule has 1 amide bonds. The van der Waals surface area contributed by atoms with Crippen LogP contribution in [0, 0.1) is 0 Å². The molecule has 4 aromatic rings. The molecular weight excluding hydrogens is 346 g/mol. The van der Waals surface area contributed by atoms with Crippen molar-refractivity contribution < 1.29 is 14.3 Å². The Hall–Kier alpha value is -3.94. The maximum atomic E-state index is 12.5. The second-order valence-electron chi connectivity index (χ2n) is 5.53. The van der Waals surface area contributed by atoms with Gasteiger partial charge in [0.2, 0.25) is 5.88 Å². The Morgan fingerprint density at radius 3 is 2.63 bits per heavy atom. The number of methoxy groups -OCH3 is 1. The molecule has 134 valence electrons. The predicted molar refractivity (Wildman–Crippen MR) is 98.2 cm³/mol. The third-order valence-electron chi connectivity index (χ3n) is 3.79. The van der Waals surface area contributed by atoms with Gasteiger partial charge in [-0.3, -0.25) is 4.79 Å². The molecule has 0 aliphatic carbocycles. The summed E-state index contributed by atoms with van der Waals surface area (Å²) in [6.45, 7) is 0. The first-order chi connectivity index (χ1) is 13.2. The molecule has 0 saturated carbocycles. The first-order valence-electron chi connectivity index (χ1n) is 8.11. The number of para-hydroxylation sites is 2. The number of imidazole rings is 1. The highest BCUT2D eigenvalue weighted by molar-refractivity contribution is 6.03. The van der Waals surface area contributed by atoms with Gasteiger partial charge in [-0.25, -0.2) is 14.5 Å². The molecule has 3 aromatic heterocycles. The minimum atomic E-state index is -0.332. The molecule has 0 spiro atoms. The summed E-state index contributed by atoms with van der Waals surface area (Å²) in [5.41, 5.74) is 1.46. The van der Waals surface area contributed by atoms with Crippen molar-refractivity contribution in [3.63, 3.8) is 0 Å². The molecule has 0 atom stereocenters. The SMILES string of the molecule is COc1ccccc1Oc1ccc(NC(=O)c2cnc3cccnn23)cn1. The van der Waals surface area contributed by atoms with Crippen LogP contribution in [0.15, 0.2) is 67.1 Å². The Morgan fingerprint density at radius 2 is 1.85 bits per heavy atom. The summed E-state index contributed by atoms with van der Waals surface area (Å²) in [6, 6.07) is 14.2. The number of ether oxygens (including phenoxy) is 2. The summed E-state index contributed by atoms with van der Waals surface area (Å²) in [4.78, 5) is 20.8. The van der Waals surface area contributed by atoms with Crippen molar-refractivity contribution in [1.82, 2.24) is 19.6 Å². The maximum Gasteiger partial charge on any atom is 0.276 e.